The number of hydrogen-bond donors (Lipinski definition) is 0. The van der Waals surface area contributed by atoms with Crippen molar-refractivity contribution in [2.45, 2.75) is 19.4 Å². The molecule has 1 aliphatic heterocycles. The number of allylic oxidation sites excluding steroid dienone is 4. The largest absolute Gasteiger partial charge is 0.290 e. The minimum atomic E-state index is -0.0766. The Morgan fingerprint density at radius 3 is 2.71 bits per heavy atom. The summed E-state index contributed by atoms with van der Waals surface area (Å²) in [6.07, 6.45) is 10.3. The van der Waals surface area contributed by atoms with Crippen molar-refractivity contribution in [1.82, 2.24) is 0 Å². The van der Waals surface area contributed by atoms with Crippen molar-refractivity contribution in [2.24, 2.45) is 10.4 Å². The third-order valence-electron chi connectivity index (χ3n) is 2.65. The second kappa shape index (κ2) is 3.39. The smallest absolute Gasteiger partial charge is 0.178 e. The Morgan fingerprint density at radius 2 is 2.14 bits per heavy atom. The number of thioether (sulfide) groups is 1. The zero-order chi connectivity index (χ0) is 10.2. The molecule has 1 spiro atoms. The van der Waals surface area contributed by atoms with Crippen LogP contribution in [0.3, 0.4) is 0 Å². The molecule has 0 aromatic heterocycles. The average Bonchev–Trinajstić information content (AvgIpc) is 2.48. The minimum Gasteiger partial charge on any atom is -0.290 e. The van der Waals surface area contributed by atoms with E-state index in [2.05, 4.69) is 11.9 Å². The van der Waals surface area contributed by atoms with E-state index in [-0.39, 0.29) is 11.2 Å². The van der Waals surface area contributed by atoms with Crippen molar-refractivity contribution in [3.8, 4) is 0 Å². The van der Waals surface area contributed by atoms with Gasteiger partial charge < -0.3 is 0 Å². The Bertz CT molecular complexity index is 338. The zero-order valence-electron chi connectivity index (χ0n) is 8.36. The van der Waals surface area contributed by atoms with E-state index in [0.29, 0.717) is 6.04 Å². The third kappa shape index (κ3) is 1.46. The highest BCUT2D eigenvalue weighted by Crippen LogP contribution is 2.41. The van der Waals surface area contributed by atoms with Gasteiger partial charge in [0, 0.05) is 6.04 Å². The van der Waals surface area contributed by atoms with Gasteiger partial charge in [0.05, 0.1) is 10.5 Å². The van der Waals surface area contributed by atoms with E-state index in [0.717, 1.165) is 11.5 Å². The van der Waals surface area contributed by atoms with Gasteiger partial charge in [0.15, 0.2) is 5.78 Å². The van der Waals surface area contributed by atoms with Crippen LogP contribution in [-0.4, -0.2) is 23.1 Å². The molecular weight excluding hydrogens is 194 g/mol. The molecule has 0 fully saturated rings. The van der Waals surface area contributed by atoms with Gasteiger partial charge in [0.25, 0.3) is 0 Å². The monoisotopic (exact) mass is 207 g/mol. The van der Waals surface area contributed by atoms with Gasteiger partial charge in [-0.05, 0) is 31.8 Å². The molecule has 2 aliphatic rings. The molecule has 0 N–H and O–H groups in total. The lowest BCUT2D eigenvalue weighted by Gasteiger charge is -2.24. The second-order valence-electron chi connectivity index (χ2n) is 3.80. The maximum Gasteiger partial charge on any atom is 0.178 e. The number of carbonyl (C=O) groups excluding carboxylic acids is 1. The molecule has 0 bridgehead atoms. The first-order chi connectivity index (χ1) is 6.66. The summed E-state index contributed by atoms with van der Waals surface area (Å²) in [7, 11) is 0. The molecule has 1 unspecified atom stereocenters. The van der Waals surface area contributed by atoms with Gasteiger partial charge in [-0.3, -0.25) is 9.79 Å². The number of carbonyl (C=O) groups is 1. The Hall–Kier alpha value is -0.830. The number of nitrogens with zero attached hydrogens (tertiary/aromatic N) is 1. The van der Waals surface area contributed by atoms with Crippen LogP contribution in [0.5, 0.6) is 0 Å². The van der Waals surface area contributed by atoms with Gasteiger partial charge in [-0.25, -0.2) is 0 Å². The summed E-state index contributed by atoms with van der Waals surface area (Å²) in [6.45, 7) is 2.11. The molecule has 1 atom stereocenters. The minimum absolute atomic E-state index is 0.0766. The fourth-order valence-corrected chi connectivity index (χ4v) is 2.92. The summed E-state index contributed by atoms with van der Waals surface area (Å²) in [4.78, 5) is 15.6. The first kappa shape index (κ1) is 9.71. The number of rotatable bonds is 0. The highest BCUT2D eigenvalue weighted by Gasteiger charge is 2.38. The fourth-order valence-electron chi connectivity index (χ4n) is 2.04. The molecule has 0 aromatic carbocycles. The predicted molar refractivity (Wildman–Crippen MR) is 60.7 cm³/mol. The van der Waals surface area contributed by atoms with Crippen LogP contribution in [0.2, 0.25) is 0 Å². The van der Waals surface area contributed by atoms with Gasteiger partial charge in [-0.15, -0.1) is 11.8 Å². The summed E-state index contributed by atoms with van der Waals surface area (Å²) < 4.78 is 0. The molecule has 0 radical (unpaired) electrons. The van der Waals surface area contributed by atoms with E-state index in [4.69, 9.17) is 0 Å². The van der Waals surface area contributed by atoms with E-state index in [9.17, 15) is 4.79 Å². The van der Waals surface area contributed by atoms with Crippen LogP contribution in [0.15, 0.2) is 29.3 Å². The van der Waals surface area contributed by atoms with E-state index < -0.39 is 0 Å². The Labute approximate surface area is 88.2 Å². The summed E-state index contributed by atoms with van der Waals surface area (Å²) in [5, 5.41) is 1.13. The Kier molecular flexibility index (Phi) is 2.35. The highest BCUT2D eigenvalue weighted by atomic mass is 32.2. The second-order valence-corrected chi connectivity index (χ2v) is 4.60. The molecule has 2 nitrogen and oxygen atoms in total. The molecular formula is C11H13NOS. The van der Waals surface area contributed by atoms with E-state index in [1.54, 1.807) is 23.9 Å². The van der Waals surface area contributed by atoms with Crippen LogP contribution in [0.25, 0.3) is 0 Å². The fraction of sp³-hybridized carbons (Fsp3) is 0.455. The number of ketones is 1. The summed E-state index contributed by atoms with van der Waals surface area (Å²) >= 11 is 1.68. The van der Waals surface area contributed by atoms with Gasteiger partial charge in [0.1, 0.15) is 0 Å². The van der Waals surface area contributed by atoms with Crippen LogP contribution >= 0.6 is 11.8 Å². The van der Waals surface area contributed by atoms with Crippen molar-refractivity contribution < 1.29 is 4.79 Å². The molecule has 1 aliphatic carbocycles. The number of aliphatic imine (C=N–C) groups is 1. The third-order valence-corrected chi connectivity index (χ3v) is 3.52. The lowest BCUT2D eigenvalue weighted by atomic mass is 9.82. The van der Waals surface area contributed by atoms with E-state index in [1.165, 1.54) is 0 Å². The molecule has 0 saturated heterocycles. The quantitative estimate of drug-likeness (QED) is 0.609. The van der Waals surface area contributed by atoms with E-state index in [1.807, 2.05) is 18.4 Å². The van der Waals surface area contributed by atoms with Gasteiger partial charge in [-0.1, -0.05) is 12.2 Å². The first-order valence-corrected chi connectivity index (χ1v) is 5.93. The topological polar surface area (TPSA) is 29.4 Å². The van der Waals surface area contributed by atoms with Crippen LogP contribution in [0.4, 0.5) is 0 Å². The summed E-state index contributed by atoms with van der Waals surface area (Å²) in [5.41, 5.74) is -0.0766. The SMILES string of the molecule is CSC1=NC(C)CC12C=CC(=O)C=C2. The highest BCUT2D eigenvalue weighted by molar-refractivity contribution is 8.13. The first-order valence-electron chi connectivity index (χ1n) is 4.71. The van der Waals surface area contributed by atoms with Crippen molar-refractivity contribution in [3.63, 3.8) is 0 Å². The predicted octanol–water partition coefficient (Wildman–Crippen LogP) is 2.22. The lowest BCUT2D eigenvalue weighted by Crippen LogP contribution is -2.23. The molecule has 14 heavy (non-hydrogen) atoms. The maximum atomic E-state index is 11.1. The van der Waals surface area contributed by atoms with Crippen LogP contribution in [0.1, 0.15) is 13.3 Å². The number of hydrogen-bond acceptors (Lipinski definition) is 3. The molecule has 1 heterocycles. The van der Waals surface area contributed by atoms with Gasteiger partial charge >= 0.3 is 0 Å². The summed E-state index contributed by atoms with van der Waals surface area (Å²) in [6, 6.07) is 0.361. The van der Waals surface area contributed by atoms with Crippen molar-refractivity contribution >= 4 is 22.6 Å². The van der Waals surface area contributed by atoms with Crippen LogP contribution in [-0.2, 0) is 4.79 Å². The molecule has 0 amide bonds. The molecule has 2 rings (SSSR count). The van der Waals surface area contributed by atoms with Gasteiger partial charge in [0.2, 0.25) is 0 Å². The molecule has 74 valence electrons. The van der Waals surface area contributed by atoms with Crippen LogP contribution < -0.4 is 0 Å². The molecule has 0 saturated carbocycles. The average molecular weight is 207 g/mol. The van der Waals surface area contributed by atoms with Crippen LogP contribution in [0, 0.1) is 5.41 Å². The standard InChI is InChI=1S/C11H13NOS/c1-8-7-11(10(12-8)14-2)5-3-9(13)4-6-11/h3-6,8H,7H2,1-2H3. The van der Waals surface area contributed by atoms with Crippen molar-refractivity contribution in [2.75, 3.05) is 6.26 Å². The van der Waals surface area contributed by atoms with E-state index >= 15 is 0 Å². The van der Waals surface area contributed by atoms with Crippen molar-refractivity contribution in [1.29, 1.82) is 0 Å². The zero-order valence-corrected chi connectivity index (χ0v) is 9.17. The van der Waals surface area contributed by atoms with Crippen molar-refractivity contribution in [3.05, 3.63) is 24.3 Å². The Morgan fingerprint density at radius 1 is 1.50 bits per heavy atom. The van der Waals surface area contributed by atoms with Gasteiger partial charge in [-0.2, -0.15) is 0 Å². The maximum absolute atomic E-state index is 11.1. The Balaban J connectivity index is 2.34. The molecule has 0 aromatic rings. The molecule has 3 heteroatoms. The summed E-state index contributed by atoms with van der Waals surface area (Å²) in [5.74, 6) is 0.0793. The normalized spacial score (nSPS) is 28.6. The lowest BCUT2D eigenvalue weighted by molar-refractivity contribution is -0.110.